The second kappa shape index (κ2) is 7.37. The molecule has 0 aliphatic rings. The Hall–Kier alpha value is -2.21. The third kappa shape index (κ3) is 4.39. The van der Waals surface area contributed by atoms with Gasteiger partial charge in [-0.1, -0.05) is 12.1 Å². The fourth-order valence-corrected chi connectivity index (χ4v) is 2.76. The molecule has 0 saturated carbocycles. The highest BCUT2D eigenvalue weighted by Crippen LogP contribution is 2.22. The predicted octanol–water partition coefficient (Wildman–Crippen LogP) is 3.56. The van der Waals surface area contributed by atoms with E-state index in [1.807, 2.05) is 30.5 Å². The number of rotatable bonds is 6. The van der Waals surface area contributed by atoms with Crippen molar-refractivity contribution in [1.29, 1.82) is 0 Å². The van der Waals surface area contributed by atoms with Crippen molar-refractivity contribution in [2.75, 3.05) is 6.26 Å². The van der Waals surface area contributed by atoms with Crippen LogP contribution in [0, 0.1) is 13.8 Å². The Labute approximate surface area is 139 Å². The number of aryl methyl sites for hydroxylation is 2. The first-order chi connectivity index (χ1) is 10.9. The first-order valence-corrected chi connectivity index (χ1v) is 8.37. The smallest absolute Gasteiger partial charge is 0.305 e. The van der Waals surface area contributed by atoms with Crippen LogP contribution in [-0.2, 0) is 4.79 Å². The number of thioether (sulfide) groups is 1. The summed E-state index contributed by atoms with van der Waals surface area (Å²) >= 11 is 1.60. The summed E-state index contributed by atoms with van der Waals surface area (Å²) < 4.78 is 5.35. The molecule has 2 N–H and O–H groups in total. The molecule has 6 heteroatoms. The van der Waals surface area contributed by atoms with Crippen LogP contribution in [0.5, 0.6) is 0 Å². The normalized spacial score (nSPS) is 12.0. The number of carboxylic acids is 1. The third-order valence-electron chi connectivity index (χ3n) is 3.49. The Kier molecular flexibility index (Phi) is 5.50. The average molecular weight is 333 g/mol. The minimum atomic E-state index is -0.968. The zero-order valence-corrected chi connectivity index (χ0v) is 14.1. The van der Waals surface area contributed by atoms with Crippen LogP contribution in [0.3, 0.4) is 0 Å². The van der Waals surface area contributed by atoms with Gasteiger partial charge in [0.2, 0.25) is 0 Å². The molecule has 23 heavy (non-hydrogen) atoms. The van der Waals surface area contributed by atoms with Gasteiger partial charge >= 0.3 is 5.97 Å². The molecule has 2 rings (SSSR count). The molecule has 1 amide bonds. The summed E-state index contributed by atoms with van der Waals surface area (Å²) in [6, 6.07) is 8.56. The second-order valence-electron chi connectivity index (χ2n) is 5.22. The summed E-state index contributed by atoms with van der Waals surface area (Å²) in [5.41, 5.74) is 1.19. The Bertz CT molecular complexity index is 706. The Morgan fingerprint density at radius 2 is 1.91 bits per heavy atom. The summed E-state index contributed by atoms with van der Waals surface area (Å²) in [5.74, 6) is -0.137. The van der Waals surface area contributed by atoms with Gasteiger partial charge in [-0.3, -0.25) is 9.59 Å². The van der Waals surface area contributed by atoms with Crippen molar-refractivity contribution in [3.05, 3.63) is 53.0 Å². The number of hydrogen-bond donors (Lipinski definition) is 2. The van der Waals surface area contributed by atoms with Crippen LogP contribution < -0.4 is 5.32 Å². The van der Waals surface area contributed by atoms with Crippen LogP contribution in [0.4, 0.5) is 0 Å². The number of carbonyl (C=O) groups is 2. The molecule has 1 heterocycles. The van der Waals surface area contributed by atoms with Crippen molar-refractivity contribution in [2.24, 2.45) is 0 Å². The summed E-state index contributed by atoms with van der Waals surface area (Å²) in [7, 11) is 0. The van der Waals surface area contributed by atoms with E-state index in [4.69, 9.17) is 9.52 Å². The average Bonchev–Trinajstić information content (AvgIpc) is 2.85. The first kappa shape index (κ1) is 17.1. The number of carboxylic acid groups (broad SMARTS) is 1. The van der Waals surface area contributed by atoms with E-state index in [9.17, 15) is 9.59 Å². The molecule has 122 valence electrons. The lowest BCUT2D eigenvalue weighted by molar-refractivity contribution is -0.137. The van der Waals surface area contributed by atoms with Crippen LogP contribution in [-0.4, -0.2) is 23.2 Å². The molecule has 0 aliphatic heterocycles. The summed E-state index contributed by atoms with van der Waals surface area (Å²) in [5, 5.41) is 11.9. The first-order valence-electron chi connectivity index (χ1n) is 7.14. The summed E-state index contributed by atoms with van der Waals surface area (Å²) in [4.78, 5) is 24.6. The molecule has 2 aromatic rings. The van der Waals surface area contributed by atoms with Crippen LogP contribution in [0.15, 0.2) is 39.6 Å². The van der Waals surface area contributed by atoms with Gasteiger partial charge in [-0.05, 0) is 43.9 Å². The van der Waals surface area contributed by atoms with E-state index >= 15 is 0 Å². The van der Waals surface area contributed by atoms with Gasteiger partial charge in [0, 0.05) is 4.90 Å². The molecule has 1 aromatic heterocycles. The van der Waals surface area contributed by atoms with Crippen molar-refractivity contribution >= 4 is 23.6 Å². The predicted molar refractivity (Wildman–Crippen MR) is 88.9 cm³/mol. The number of hydrogen-bond acceptors (Lipinski definition) is 4. The maximum atomic E-state index is 12.4. The van der Waals surface area contributed by atoms with Crippen molar-refractivity contribution in [2.45, 2.75) is 31.2 Å². The quantitative estimate of drug-likeness (QED) is 0.790. The van der Waals surface area contributed by atoms with Gasteiger partial charge in [-0.15, -0.1) is 11.8 Å². The van der Waals surface area contributed by atoms with Crippen LogP contribution >= 0.6 is 11.8 Å². The molecule has 0 fully saturated rings. The molecule has 0 saturated heterocycles. The van der Waals surface area contributed by atoms with Crippen molar-refractivity contribution in [3.63, 3.8) is 0 Å². The van der Waals surface area contributed by atoms with Gasteiger partial charge < -0.3 is 14.8 Å². The highest BCUT2D eigenvalue weighted by molar-refractivity contribution is 7.98. The minimum absolute atomic E-state index is 0.180. The largest absolute Gasteiger partial charge is 0.481 e. The van der Waals surface area contributed by atoms with E-state index in [0.29, 0.717) is 17.1 Å². The zero-order chi connectivity index (χ0) is 17.0. The molecule has 0 bridgehead atoms. The molecular weight excluding hydrogens is 314 g/mol. The Morgan fingerprint density at radius 3 is 2.39 bits per heavy atom. The second-order valence-corrected chi connectivity index (χ2v) is 6.10. The lowest BCUT2D eigenvalue weighted by atomic mass is 10.0. The number of aliphatic carboxylic acids is 1. The molecule has 0 aliphatic carbocycles. The van der Waals surface area contributed by atoms with Gasteiger partial charge in [0.25, 0.3) is 5.91 Å². The standard InChI is InChI=1S/C17H19NO4S/c1-10-8-14(11(2)22-10)17(21)18-15(9-16(19)20)12-4-6-13(23-3)7-5-12/h4-8,15H,9H2,1-3H3,(H,18,21)(H,19,20). The summed E-state index contributed by atoms with van der Waals surface area (Å²) in [6.45, 7) is 3.47. The van der Waals surface area contributed by atoms with E-state index in [1.54, 1.807) is 31.7 Å². The van der Waals surface area contributed by atoms with Gasteiger partial charge in [0.05, 0.1) is 18.0 Å². The van der Waals surface area contributed by atoms with Gasteiger partial charge in [-0.2, -0.15) is 0 Å². The Morgan fingerprint density at radius 1 is 1.26 bits per heavy atom. The number of furan rings is 1. The van der Waals surface area contributed by atoms with E-state index in [-0.39, 0.29) is 12.3 Å². The fourth-order valence-electron chi connectivity index (χ4n) is 2.36. The lowest BCUT2D eigenvalue weighted by Gasteiger charge is -2.17. The van der Waals surface area contributed by atoms with Gasteiger partial charge in [0.1, 0.15) is 11.5 Å². The van der Waals surface area contributed by atoms with Crippen LogP contribution in [0.25, 0.3) is 0 Å². The van der Waals surface area contributed by atoms with E-state index < -0.39 is 12.0 Å². The molecule has 0 spiro atoms. The molecule has 1 unspecified atom stereocenters. The number of nitrogens with one attached hydrogen (secondary N) is 1. The van der Waals surface area contributed by atoms with E-state index in [1.165, 1.54) is 0 Å². The maximum Gasteiger partial charge on any atom is 0.305 e. The number of carbonyl (C=O) groups excluding carboxylic acids is 1. The minimum Gasteiger partial charge on any atom is -0.481 e. The number of amides is 1. The topological polar surface area (TPSA) is 79.5 Å². The van der Waals surface area contributed by atoms with E-state index in [2.05, 4.69) is 5.32 Å². The highest BCUT2D eigenvalue weighted by atomic mass is 32.2. The Balaban J connectivity index is 2.22. The molecule has 1 aromatic carbocycles. The van der Waals surface area contributed by atoms with E-state index in [0.717, 1.165) is 10.5 Å². The highest BCUT2D eigenvalue weighted by Gasteiger charge is 2.21. The molecular formula is C17H19NO4S. The number of benzene rings is 1. The fraction of sp³-hybridized carbons (Fsp3) is 0.294. The monoisotopic (exact) mass is 333 g/mol. The van der Waals surface area contributed by atoms with Crippen molar-refractivity contribution < 1.29 is 19.1 Å². The molecule has 0 radical (unpaired) electrons. The maximum absolute atomic E-state index is 12.4. The zero-order valence-electron chi connectivity index (χ0n) is 13.3. The van der Waals surface area contributed by atoms with Crippen LogP contribution in [0.2, 0.25) is 0 Å². The third-order valence-corrected chi connectivity index (χ3v) is 4.23. The van der Waals surface area contributed by atoms with Crippen molar-refractivity contribution in [3.8, 4) is 0 Å². The van der Waals surface area contributed by atoms with Crippen LogP contribution in [0.1, 0.15) is 39.9 Å². The lowest BCUT2D eigenvalue weighted by Crippen LogP contribution is -2.30. The van der Waals surface area contributed by atoms with Gasteiger partial charge in [-0.25, -0.2) is 0 Å². The summed E-state index contributed by atoms with van der Waals surface area (Å²) in [6.07, 6.45) is 1.79. The molecule has 1 atom stereocenters. The van der Waals surface area contributed by atoms with Gasteiger partial charge in [0.15, 0.2) is 0 Å². The molecule has 5 nitrogen and oxygen atoms in total. The SMILES string of the molecule is CSc1ccc(C(CC(=O)O)NC(=O)c2cc(C)oc2C)cc1. The van der Waals surface area contributed by atoms with Crippen molar-refractivity contribution in [1.82, 2.24) is 5.32 Å².